The van der Waals surface area contributed by atoms with Crippen LogP contribution in [-0.4, -0.2) is 60.3 Å². The van der Waals surface area contributed by atoms with Crippen molar-refractivity contribution < 1.29 is 30.8 Å². The van der Waals surface area contributed by atoms with E-state index in [1.807, 2.05) is 0 Å². The fourth-order valence-electron chi connectivity index (χ4n) is 6.51. The van der Waals surface area contributed by atoms with Gasteiger partial charge >= 0.3 is 6.18 Å². The van der Waals surface area contributed by atoms with E-state index in [1.54, 1.807) is 50.0 Å². The Hall–Kier alpha value is -4.24. The van der Waals surface area contributed by atoms with Crippen molar-refractivity contribution in [2.45, 2.75) is 62.8 Å². The van der Waals surface area contributed by atoms with Crippen LogP contribution in [0.15, 0.2) is 65.6 Å². The van der Waals surface area contributed by atoms with E-state index < -0.39 is 50.9 Å². The lowest BCUT2D eigenvalue weighted by molar-refractivity contribution is -0.137. The number of allylic oxidation sites excluding steroid dienone is 1. The monoisotopic (exact) mass is 643 g/mol. The van der Waals surface area contributed by atoms with Crippen LogP contribution in [-0.2, 0) is 29.7 Å². The van der Waals surface area contributed by atoms with Crippen molar-refractivity contribution in [3.8, 4) is 5.69 Å². The number of fused-ring (bicyclic) bond motifs is 2. The number of aryl methyl sites for hydroxylation is 1. The highest BCUT2D eigenvalue weighted by Gasteiger charge is 2.52. The largest absolute Gasteiger partial charge is 0.416 e. The Morgan fingerprint density at radius 2 is 1.89 bits per heavy atom. The van der Waals surface area contributed by atoms with Crippen LogP contribution in [0.25, 0.3) is 11.8 Å². The summed E-state index contributed by atoms with van der Waals surface area (Å²) in [7, 11) is -2.61. The molecule has 6 rings (SSSR count). The average molecular weight is 644 g/mol. The van der Waals surface area contributed by atoms with Gasteiger partial charge in [-0.15, -0.1) is 5.10 Å². The van der Waals surface area contributed by atoms with Crippen molar-refractivity contribution in [1.29, 1.82) is 0 Å². The number of hydrogen-bond donors (Lipinski definition) is 0. The molecule has 0 saturated heterocycles. The first-order valence-corrected chi connectivity index (χ1v) is 15.7. The highest BCUT2D eigenvalue weighted by molar-refractivity contribution is 7.89. The molecule has 0 N–H and O–H groups in total. The molecular formula is C30H29F4N7O3S. The van der Waals surface area contributed by atoms with E-state index >= 15 is 0 Å². The fraction of sp³-hybridized carbons (Fsp3) is 0.367. The minimum atomic E-state index is -4.70. The summed E-state index contributed by atoms with van der Waals surface area (Å²) in [6.45, 7) is 3.43. The number of rotatable bonds is 7. The first-order valence-electron chi connectivity index (χ1n) is 14.2. The van der Waals surface area contributed by atoms with Crippen molar-refractivity contribution in [2.75, 3.05) is 0 Å². The molecule has 1 aromatic carbocycles. The molecule has 0 amide bonds. The van der Waals surface area contributed by atoms with Crippen molar-refractivity contribution in [1.82, 2.24) is 34.1 Å². The van der Waals surface area contributed by atoms with E-state index in [0.717, 1.165) is 18.3 Å². The maximum atomic E-state index is 14.5. The minimum Gasteiger partial charge on any atom is -0.291 e. The van der Waals surface area contributed by atoms with Crippen molar-refractivity contribution >= 4 is 21.9 Å². The topological polar surface area (TPSA) is 116 Å². The third kappa shape index (κ3) is 5.37. The third-order valence-electron chi connectivity index (χ3n) is 8.45. The fourth-order valence-corrected chi connectivity index (χ4v) is 8.28. The molecular weight excluding hydrogens is 614 g/mol. The molecule has 4 aromatic rings. The highest BCUT2D eigenvalue weighted by Crippen LogP contribution is 2.51. The maximum absolute atomic E-state index is 14.5. The molecule has 15 heteroatoms. The van der Waals surface area contributed by atoms with Gasteiger partial charge in [-0.1, -0.05) is 10.8 Å². The van der Waals surface area contributed by atoms with E-state index in [2.05, 4.69) is 20.4 Å². The number of ketones is 1. The summed E-state index contributed by atoms with van der Waals surface area (Å²) in [5.74, 6) is -1.05. The van der Waals surface area contributed by atoms with Gasteiger partial charge in [0.05, 0.1) is 34.8 Å². The highest BCUT2D eigenvalue weighted by atomic mass is 32.2. The Labute approximate surface area is 256 Å². The number of carbonyl (C=O) groups is 1. The second-order valence-electron chi connectivity index (χ2n) is 11.7. The van der Waals surface area contributed by atoms with Gasteiger partial charge in [-0.2, -0.15) is 22.6 Å². The molecule has 1 fully saturated rings. The van der Waals surface area contributed by atoms with Crippen molar-refractivity contribution in [3.05, 3.63) is 88.9 Å². The van der Waals surface area contributed by atoms with Crippen LogP contribution in [0.2, 0.25) is 0 Å². The summed E-state index contributed by atoms with van der Waals surface area (Å²) < 4.78 is 86.6. The van der Waals surface area contributed by atoms with Gasteiger partial charge in [0.25, 0.3) is 10.0 Å². The summed E-state index contributed by atoms with van der Waals surface area (Å²) in [6.07, 6.45) is 1.60. The van der Waals surface area contributed by atoms with E-state index in [0.29, 0.717) is 28.9 Å². The molecule has 1 saturated carbocycles. The molecule has 0 unspecified atom stereocenters. The molecule has 0 radical (unpaired) electrons. The maximum Gasteiger partial charge on any atom is 0.416 e. The third-order valence-corrected chi connectivity index (χ3v) is 10.4. The number of aromatic nitrogens is 6. The Bertz CT molecular complexity index is 1920. The summed E-state index contributed by atoms with van der Waals surface area (Å²) in [5, 5.41) is 11.8. The Morgan fingerprint density at radius 3 is 2.53 bits per heavy atom. The lowest BCUT2D eigenvalue weighted by Gasteiger charge is -2.47. The number of halogens is 4. The molecule has 236 valence electrons. The quantitative estimate of drug-likeness (QED) is 0.205. The van der Waals surface area contributed by atoms with Gasteiger partial charge in [0, 0.05) is 25.3 Å². The van der Waals surface area contributed by atoms with Crippen LogP contribution < -0.4 is 0 Å². The van der Waals surface area contributed by atoms with Crippen LogP contribution in [0.1, 0.15) is 60.4 Å². The minimum absolute atomic E-state index is 0.00552. The molecule has 0 aliphatic heterocycles. The lowest BCUT2D eigenvalue weighted by Crippen LogP contribution is -2.52. The van der Waals surface area contributed by atoms with Crippen LogP contribution >= 0.6 is 0 Å². The summed E-state index contributed by atoms with van der Waals surface area (Å²) in [4.78, 5) is 18.5. The number of carbonyl (C=O) groups excluding carboxylic acids is 1. The lowest BCUT2D eigenvalue weighted by atomic mass is 9.60. The Balaban J connectivity index is 1.47. The predicted octanol–water partition coefficient (Wildman–Crippen LogP) is 5.01. The number of Topliss-reactive ketones (excluding diaryl/α,β-unsaturated/α-hetero) is 1. The van der Waals surface area contributed by atoms with Gasteiger partial charge in [0.15, 0.2) is 5.78 Å². The van der Waals surface area contributed by atoms with Crippen LogP contribution in [0.4, 0.5) is 17.6 Å². The van der Waals surface area contributed by atoms with Crippen molar-refractivity contribution in [3.63, 3.8) is 0 Å². The van der Waals surface area contributed by atoms with Gasteiger partial charge in [-0.3, -0.25) is 14.5 Å². The predicted molar refractivity (Wildman–Crippen MR) is 154 cm³/mol. The SMILES string of the molecule is CC(C)N([C@H]1CCC2=Cc3c(cnn3-c3ccc(F)cc3)C[C@]2(C(=O)c2cc(C(F)(F)F)ccn2)C1)S(=O)(=O)c1cn(C)nn1. The number of sulfonamides is 1. The molecule has 45 heavy (non-hydrogen) atoms. The summed E-state index contributed by atoms with van der Waals surface area (Å²) in [5.41, 5.74) is -0.263. The second kappa shape index (κ2) is 11.0. The average Bonchev–Trinajstić information content (AvgIpc) is 3.61. The molecule has 2 atom stereocenters. The van der Waals surface area contributed by atoms with E-state index in [-0.39, 0.29) is 30.0 Å². The van der Waals surface area contributed by atoms with E-state index in [1.165, 1.54) is 27.3 Å². The Kier molecular flexibility index (Phi) is 7.51. The zero-order valence-electron chi connectivity index (χ0n) is 24.5. The first-order chi connectivity index (χ1) is 21.2. The van der Waals surface area contributed by atoms with Crippen molar-refractivity contribution in [2.24, 2.45) is 12.5 Å². The van der Waals surface area contributed by atoms with Crippen LogP contribution in [0, 0.1) is 11.2 Å². The molecule has 0 bridgehead atoms. The van der Waals surface area contributed by atoms with Gasteiger partial charge in [0.1, 0.15) is 11.5 Å². The number of hydrogen-bond acceptors (Lipinski definition) is 7. The van der Waals surface area contributed by atoms with Crippen LogP contribution in [0.5, 0.6) is 0 Å². The number of benzene rings is 1. The summed E-state index contributed by atoms with van der Waals surface area (Å²) in [6, 6.07) is 6.04. The smallest absolute Gasteiger partial charge is 0.291 e. The molecule has 3 aromatic heterocycles. The molecule has 2 aliphatic rings. The molecule has 0 spiro atoms. The zero-order valence-corrected chi connectivity index (χ0v) is 25.3. The summed E-state index contributed by atoms with van der Waals surface area (Å²) >= 11 is 0. The van der Waals surface area contributed by atoms with Crippen LogP contribution in [0.3, 0.4) is 0 Å². The van der Waals surface area contributed by atoms with Gasteiger partial charge in [-0.05, 0) is 87.6 Å². The zero-order chi connectivity index (χ0) is 32.3. The number of nitrogens with zero attached hydrogens (tertiary/aromatic N) is 7. The molecule has 10 nitrogen and oxygen atoms in total. The van der Waals surface area contributed by atoms with Gasteiger partial charge < -0.3 is 0 Å². The van der Waals surface area contributed by atoms with Gasteiger partial charge in [0.2, 0.25) is 5.03 Å². The molecule has 2 aliphatic carbocycles. The number of pyridine rings is 1. The Morgan fingerprint density at radius 1 is 1.16 bits per heavy atom. The van der Waals surface area contributed by atoms with E-state index in [9.17, 15) is 30.8 Å². The van der Waals surface area contributed by atoms with E-state index in [4.69, 9.17) is 0 Å². The second-order valence-corrected chi connectivity index (χ2v) is 13.5. The molecule has 3 heterocycles. The standard InChI is InChI=1S/C30H29F4N7O3S/c1-18(2)41(45(43,44)27-17-39(3)38-37-27)24-7-4-20-13-26-19(16-36-40(26)23-8-5-22(31)6-9-23)14-29(20,15-24)28(42)25-12-21(10-11-35-25)30(32,33)34/h5-6,8-13,16-18,24H,4,7,14-15H2,1-3H3/t24-,29-/m0/s1. The number of alkyl halides is 3. The first kappa shape index (κ1) is 30.8. The normalized spacial score (nSPS) is 20.2. The van der Waals surface area contributed by atoms with Gasteiger partial charge in [-0.25, -0.2) is 17.5 Å².